The van der Waals surface area contributed by atoms with E-state index in [2.05, 4.69) is 9.71 Å². The number of benzene rings is 1. The molecule has 1 aliphatic carbocycles. The minimum absolute atomic E-state index is 0.150. The molecule has 3 rings (SSSR count). The summed E-state index contributed by atoms with van der Waals surface area (Å²) in [5.41, 5.74) is 2.40. The lowest BCUT2D eigenvalue weighted by molar-refractivity contribution is -0.0387. The third kappa shape index (κ3) is 3.22. The molecule has 0 amide bonds. The van der Waals surface area contributed by atoms with Crippen LogP contribution in [0.2, 0.25) is 0 Å². The van der Waals surface area contributed by atoms with Gasteiger partial charge in [0.05, 0.1) is 20.6 Å². The summed E-state index contributed by atoms with van der Waals surface area (Å²) in [6, 6.07) is 4.27. The molecule has 0 unspecified atom stereocenters. The Bertz CT molecular complexity index is 748. The first-order valence-corrected chi connectivity index (χ1v) is 8.95. The molecule has 1 N–H and O–H groups in total. The van der Waals surface area contributed by atoms with Crippen LogP contribution in [0.1, 0.15) is 25.7 Å². The van der Waals surface area contributed by atoms with Gasteiger partial charge >= 0.3 is 0 Å². The molecule has 21 heavy (non-hydrogen) atoms. The van der Waals surface area contributed by atoms with Crippen molar-refractivity contribution in [3.63, 3.8) is 0 Å². The molecule has 0 bridgehead atoms. The van der Waals surface area contributed by atoms with Gasteiger partial charge in [-0.25, -0.2) is 26.9 Å². The van der Waals surface area contributed by atoms with E-state index in [9.17, 15) is 17.2 Å². The van der Waals surface area contributed by atoms with Gasteiger partial charge in [0.2, 0.25) is 15.9 Å². The number of hydrogen-bond acceptors (Lipinski definition) is 4. The maximum absolute atomic E-state index is 13.1. The number of thiazole rings is 1. The number of nitrogens with one attached hydrogen (secondary N) is 1. The van der Waals surface area contributed by atoms with E-state index in [-0.39, 0.29) is 30.6 Å². The number of halogens is 2. The Morgan fingerprint density at radius 3 is 2.71 bits per heavy atom. The van der Waals surface area contributed by atoms with Gasteiger partial charge in [-0.3, -0.25) is 0 Å². The number of fused-ring (bicyclic) bond motifs is 1. The highest BCUT2D eigenvalue weighted by molar-refractivity contribution is 7.89. The Kier molecular flexibility index (Phi) is 3.71. The second-order valence-corrected chi connectivity index (χ2v) is 7.83. The summed E-state index contributed by atoms with van der Waals surface area (Å²) < 4.78 is 54.1. The van der Waals surface area contributed by atoms with E-state index < -0.39 is 22.0 Å². The molecule has 1 saturated carbocycles. The molecule has 1 aromatic carbocycles. The van der Waals surface area contributed by atoms with Gasteiger partial charge in [0.25, 0.3) is 0 Å². The van der Waals surface area contributed by atoms with Crippen molar-refractivity contribution in [1.82, 2.24) is 9.71 Å². The van der Waals surface area contributed by atoms with E-state index >= 15 is 0 Å². The molecule has 1 fully saturated rings. The number of sulfonamides is 1. The summed E-state index contributed by atoms with van der Waals surface area (Å²) >= 11 is 1.36. The van der Waals surface area contributed by atoms with Crippen molar-refractivity contribution >= 4 is 31.6 Å². The Morgan fingerprint density at radius 1 is 1.29 bits per heavy atom. The second-order valence-electron chi connectivity index (χ2n) is 5.23. The van der Waals surface area contributed by atoms with E-state index in [1.165, 1.54) is 17.4 Å². The summed E-state index contributed by atoms with van der Waals surface area (Å²) in [5, 5.41) is 0. The summed E-state index contributed by atoms with van der Waals surface area (Å²) in [7, 11) is -3.68. The Balaban J connectivity index is 1.77. The maximum atomic E-state index is 13.1. The molecule has 1 aromatic heterocycles. The van der Waals surface area contributed by atoms with Crippen LogP contribution in [0.3, 0.4) is 0 Å². The largest absolute Gasteiger partial charge is 0.248 e. The molecular weight excluding hydrogens is 318 g/mol. The molecule has 1 aliphatic rings. The van der Waals surface area contributed by atoms with Gasteiger partial charge in [-0.2, -0.15) is 0 Å². The van der Waals surface area contributed by atoms with E-state index in [1.54, 1.807) is 17.6 Å². The monoisotopic (exact) mass is 332 g/mol. The van der Waals surface area contributed by atoms with Crippen LogP contribution < -0.4 is 4.72 Å². The van der Waals surface area contributed by atoms with Crippen molar-refractivity contribution < 1.29 is 17.2 Å². The first kappa shape index (κ1) is 14.8. The van der Waals surface area contributed by atoms with Gasteiger partial charge in [-0.15, -0.1) is 11.3 Å². The average Bonchev–Trinajstić information content (AvgIpc) is 2.88. The van der Waals surface area contributed by atoms with Gasteiger partial charge in [-0.05, 0) is 31.0 Å². The molecule has 1 heterocycles. The fourth-order valence-corrected chi connectivity index (χ4v) is 4.57. The Labute approximate surface area is 125 Å². The highest BCUT2D eigenvalue weighted by Crippen LogP contribution is 2.33. The zero-order chi connectivity index (χ0) is 15.1. The van der Waals surface area contributed by atoms with Crippen LogP contribution in [-0.2, 0) is 10.0 Å². The molecule has 0 atom stereocenters. The molecule has 0 saturated heterocycles. The summed E-state index contributed by atoms with van der Waals surface area (Å²) in [6.45, 7) is 0. The van der Waals surface area contributed by atoms with Crippen LogP contribution in [0.4, 0.5) is 8.78 Å². The zero-order valence-electron chi connectivity index (χ0n) is 11.1. The Morgan fingerprint density at radius 2 is 2.00 bits per heavy atom. The van der Waals surface area contributed by atoms with Crippen LogP contribution in [0.15, 0.2) is 28.6 Å². The molecule has 0 aliphatic heterocycles. The van der Waals surface area contributed by atoms with Crippen molar-refractivity contribution in [2.75, 3.05) is 0 Å². The minimum Gasteiger partial charge on any atom is -0.245 e. The predicted molar refractivity (Wildman–Crippen MR) is 77.1 cm³/mol. The van der Waals surface area contributed by atoms with Gasteiger partial charge in [-0.1, -0.05) is 0 Å². The standard InChI is InChI=1S/C13H14F2N2O2S2/c14-13(15)5-3-9(4-6-13)17-21(18,19)10-1-2-11-12(7-10)20-8-16-11/h1-2,7-9,17H,3-6H2. The third-order valence-electron chi connectivity index (χ3n) is 3.65. The first-order chi connectivity index (χ1) is 9.86. The van der Waals surface area contributed by atoms with E-state index in [4.69, 9.17) is 0 Å². The number of nitrogens with zero attached hydrogens (tertiary/aromatic N) is 1. The number of hydrogen-bond donors (Lipinski definition) is 1. The van der Waals surface area contributed by atoms with Crippen molar-refractivity contribution in [2.24, 2.45) is 0 Å². The predicted octanol–water partition coefficient (Wildman–Crippen LogP) is 3.15. The van der Waals surface area contributed by atoms with Gasteiger partial charge < -0.3 is 0 Å². The van der Waals surface area contributed by atoms with E-state index in [0.717, 1.165) is 10.2 Å². The lowest BCUT2D eigenvalue weighted by Gasteiger charge is -2.28. The lowest BCUT2D eigenvalue weighted by atomic mass is 9.93. The van der Waals surface area contributed by atoms with Crippen LogP contribution >= 0.6 is 11.3 Å². The summed E-state index contributed by atoms with van der Waals surface area (Å²) in [6.07, 6.45) is -0.216. The van der Waals surface area contributed by atoms with Gasteiger partial charge in [0, 0.05) is 18.9 Å². The van der Waals surface area contributed by atoms with E-state index in [0.29, 0.717) is 0 Å². The first-order valence-electron chi connectivity index (χ1n) is 6.59. The maximum Gasteiger partial charge on any atom is 0.248 e. The quantitative estimate of drug-likeness (QED) is 0.939. The number of rotatable bonds is 3. The fourth-order valence-electron chi connectivity index (χ4n) is 2.45. The smallest absolute Gasteiger partial charge is 0.245 e. The molecule has 2 aromatic rings. The Hall–Kier alpha value is -1.12. The van der Waals surface area contributed by atoms with Crippen molar-refractivity contribution in [1.29, 1.82) is 0 Å². The summed E-state index contributed by atoms with van der Waals surface area (Å²) in [4.78, 5) is 4.24. The highest BCUT2D eigenvalue weighted by atomic mass is 32.2. The molecule has 4 nitrogen and oxygen atoms in total. The molecular formula is C13H14F2N2O2S2. The second kappa shape index (κ2) is 5.26. The average molecular weight is 332 g/mol. The third-order valence-corrected chi connectivity index (χ3v) is 5.96. The van der Waals surface area contributed by atoms with Crippen molar-refractivity contribution in [3.05, 3.63) is 23.7 Å². The van der Waals surface area contributed by atoms with Crippen molar-refractivity contribution in [3.8, 4) is 0 Å². The molecule has 0 radical (unpaired) electrons. The fraction of sp³-hybridized carbons (Fsp3) is 0.462. The number of alkyl halides is 2. The van der Waals surface area contributed by atoms with Crippen LogP contribution in [0.25, 0.3) is 10.2 Å². The number of aromatic nitrogens is 1. The van der Waals surface area contributed by atoms with Gasteiger partial charge in [0.1, 0.15) is 0 Å². The molecule has 0 spiro atoms. The highest BCUT2D eigenvalue weighted by Gasteiger charge is 2.36. The normalized spacial score (nSPS) is 19.9. The topological polar surface area (TPSA) is 59.1 Å². The van der Waals surface area contributed by atoms with Crippen LogP contribution in [0.5, 0.6) is 0 Å². The SMILES string of the molecule is O=S(=O)(NC1CCC(F)(F)CC1)c1ccc2ncsc2c1. The summed E-state index contributed by atoms with van der Waals surface area (Å²) in [5.74, 6) is -2.66. The van der Waals surface area contributed by atoms with Gasteiger partial charge in [0.15, 0.2) is 0 Å². The van der Waals surface area contributed by atoms with Crippen LogP contribution in [0, 0.1) is 0 Å². The minimum atomic E-state index is -3.68. The van der Waals surface area contributed by atoms with Crippen molar-refractivity contribution in [2.45, 2.75) is 42.5 Å². The molecule has 8 heteroatoms. The zero-order valence-corrected chi connectivity index (χ0v) is 12.7. The molecule has 114 valence electrons. The van der Waals surface area contributed by atoms with Crippen LogP contribution in [-0.4, -0.2) is 25.4 Å². The lowest BCUT2D eigenvalue weighted by Crippen LogP contribution is -2.40. The van der Waals surface area contributed by atoms with E-state index in [1.807, 2.05) is 0 Å².